The first-order valence-corrected chi connectivity index (χ1v) is 6.00. The first-order valence-electron chi connectivity index (χ1n) is 6.00. The molecular formula is C12H25NO. The Morgan fingerprint density at radius 2 is 2.00 bits per heavy atom. The quantitative estimate of drug-likeness (QED) is 0.687. The third-order valence-corrected chi connectivity index (χ3v) is 3.47. The van der Waals surface area contributed by atoms with Gasteiger partial charge in [0.1, 0.15) is 0 Å². The van der Waals surface area contributed by atoms with Gasteiger partial charge in [0, 0.05) is 6.61 Å². The Morgan fingerprint density at radius 3 is 2.64 bits per heavy atom. The average molecular weight is 199 g/mol. The largest absolute Gasteiger partial charge is 0.378 e. The van der Waals surface area contributed by atoms with Crippen molar-refractivity contribution in [2.75, 3.05) is 20.2 Å². The van der Waals surface area contributed by atoms with E-state index in [9.17, 15) is 0 Å². The predicted molar refractivity (Wildman–Crippen MR) is 60.5 cm³/mol. The molecule has 0 aromatic heterocycles. The molecule has 2 heteroatoms. The van der Waals surface area contributed by atoms with Crippen LogP contribution < -0.4 is 5.32 Å². The molecule has 14 heavy (non-hydrogen) atoms. The maximum Gasteiger partial charge on any atom is 0.0577 e. The molecule has 0 radical (unpaired) electrons. The van der Waals surface area contributed by atoms with Gasteiger partial charge in [-0.05, 0) is 51.1 Å². The summed E-state index contributed by atoms with van der Waals surface area (Å²) in [5.41, 5.74) is 0. The van der Waals surface area contributed by atoms with Crippen molar-refractivity contribution in [3.05, 3.63) is 0 Å². The highest BCUT2D eigenvalue weighted by Crippen LogP contribution is 2.30. The van der Waals surface area contributed by atoms with Gasteiger partial charge in [-0.15, -0.1) is 0 Å². The lowest BCUT2D eigenvalue weighted by Crippen LogP contribution is -2.27. The molecule has 1 N–H and O–H groups in total. The van der Waals surface area contributed by atoms with Crippen molar-refractivity contribution in [2.45, 2.75) is 45.6 Å². The summed E-state index contributed by atoms with van der Waals surface area (Å²) in [5, 5.41) is 3.14. The molecule has 0 saturated heterocycles. The SMILES string of the molecule is CNCCCOC1CCC(C)C(C)C1. The van der Waals surface area contributed by atoms with Crippen LogP contribution in [0.1, 0.15) is 39.5 Å². The van der Waals surface area contributed by atoms with E-state index in [1.807, 2.05) is 7.05 Å². The zero-order chi connectivity index (χ0) is 10.4. The molecule has 0 aromatic carbocycles. The van der Waals surface area contributed by atoms with Crippen molar-refractivity contribution < 1.29 is 4.74 Å². The molecule has 0 spiro atoms. The van der Waals surface area contributed by atoms with Crippen molar-refractivity contribution in [1.82, 2.24) is 5.32 Å². The summed E-state index contributed by atoms with van der Waals surface area (Å²) in [6.07, 6.45) is 5.55. The maximum absolute atomic E-state index is 5.86. The lowest BCUT2D eigenvalue weighted by Gasteiger charge is -2.31. The van der Waals surface area contributed by atoms with E-state index in [2.05, 4.69) is 19.2 Å². The summed E-state index contributed by atoms with van der Waals surface area (Å²) >= 11 is 0. The normalized spacial score (nSPS) is 33.2. The second-order valence-electron chi connectivity index (χ2n) is 4.72. The van der Waals surface area contributed by atoms with E-state index >= 15 is 0 Å². The molecule has 84 valence electrons. The molecule has 0 heterocycles. The van der Waals surface area contributed by atoms with Gasteiger partial charge in [0.25, 0.3) is 0 Å². The van der Waals surface area contributed by atoms with Crippen LogP contribution >= 0.6 is 0 Å². The fourth-order valence-electron chi connectivity index (χ4n) is 2.15. The third-order valence-electron chi connectivity index (χ3n) is 3.47. The highest BCUT2D eigenvalue weighted by molar-refractivity contribution is 4.75. The van der Waals surface area contributed by atoms with Crippen LogP contribution in [0.3, 0.4) is 0 Å². The highest BCUT2D eigenvalue weighted by atomic mass is 16.5. The van der Waals surface area contributed by atoms with Gasteiger partial charge in [0.15, 0.2) is 0 Å². The Bertz CT molecular complexity index is 149. The lowest BCUT2D eigenvalue weighted by atomic mass is 9.80. The first kappa shape index (κ1) is 12.0. The van der Waals surface area contributed by atoms with Crippen LogP contribution in [0, 0.1) is 11.8 Å². The van der Waals surface area contributed by atoms with Crippen LogP contribution in [-0.4, -0.2) is 26.3 Å². The highest BCUT2D eigenvalue weighted by Gasteiger charge is 2.24. The molecule has 1 saturated carbocycles. The summed E-state index contributed by atoms with van der Waals surface area (Å²) < 4.78 is 5.86. The first-order chi connectivity index (χ1) is 6.74. The Morgan fingerprint density at radius 1 is 1.21 bits per heavy atom. The molecule has 1 aliphatic rings. The van der Waals surface area contributed by atoms with E-state index in [1.54, 1.807) is 0 Å². The second kappa shape index (κ2) is 6.41. The van der Waals surface area contributed by atoms with E-state index in [0.29, 0.717) is 6.10 Å². The zero-order valence-electron chi connectivity index (χ0n) is 9.88. The van der Waals surface area contributed by atoms with Crippen molar-refractivity contribution in [1.29, 1.82) is 0 Å². The third kappa shape index (κ3) is 3.97. The Labute approximate surface area is 88.4 Å². The summed E-state index contributed by atoms with van der Waals surface area (Å²) in [6.45, 7) is 6.71. The van der Waals surface area contributed by atoms with Gasteiger partial charge in [-0.25, -0.2) is 0 Å². The second-order valence-corrected chi connectivity index (χ2v) is 4.72. The molecule has 0 amide bonds. The molecule has 0 aliphatic heterocycles. The lowest BCUT2D eigenvalue weighted by molar-refractivity contribution is 0.00194. The van der Waals surface area contributed by atoms with Crippen molar-refractivity contribution in [2.24, 2.45) is 11.8 Å². The number of ether oxygens (including phenoxy) is 1. The Balaban J connectivity index is 2.07. The summed E-state index contributed by atoms with van der Waals surface area (Å²) in [4.78, 5) is 0. The standard InChI is InChI=1S/C12H25NO/c1-10-5-6-12(9-11(10)2)14-8-4-7-13-3/h10-13H,4-9H2,1-3H3. The smallest absolute Gasteiger partial charge is 0.0577 e. The summed E-state index contributed by atoms with van der Waals surface area (Å²) in [7, 11) is 1.99. The molecule has 1 fully saturated rings. The zero-order valence-corrected chi connectivity index (χ0v) is 9.88. The topological polar surface area (TPSA) is 21.3 Å². The van der Waals surface area contributed by atoms with E-state index < -0.39 is 0 Å². The van der Waals surface area contributed by atoms with Gasteiger partial charge in [-0.2, -0.15) is 0 Å². The summed E-state index contributed by atoms with van der Waals surface area (Å²) in [5.74, 6) is 1.74. The van der Waals surface area contributed by atoms with Crippen molar-refractivity contribution in [3.8, 4) is 0 Å². The van der Waals surface area contributed by atoms with Crippen molar-refractivity contribution in [3.63, 3.8) is 0 Å². The Hall–Kier alpha value is -0.0800. The van der Waals surface area contributed by atoms with Crippen LogP contribution in [-0.2, 0) is 4.74 Å². The minimum Gasteiger partial charge on any atom is -0.378 e. The molecule has 0 bridgehead atoms. The fraction of sp³-hybridized carbons (Fsp3) is 1.00. The van der Waals surface area contributed by atoms with E-state index in [4.69, 9.17) is 4.74 Å². The molecule has 1 rings (SSSR count). The predicted octanol–water partition coefficient (Wildman–Crippen LogP) is 2.44. The van der Waals surface area contributed by atoms with Crippen LogP contribution in [0.5, 0.6) is 0 Å². The van der Waals surface area contributed by atoms with Gasteiger partial charge in [0.2, 0.25) is 0 Å². The van der Waals surface area contributed by atoms with Gasteiger partial charge >= 0.3 is 0 Å². The minimum absolute atomic E-state index is 0.540. The average Bonchev–Trinajstić information content (AvgIpc) is 2.18. The van der Waals surface area contributed by atoms with Gasteiger partial charge in [0.05, 0.1) is 6.10 Å². The number of rotatable bonds is 5. The molecule has 2 nitrogen and oxygen atoms in total. The minimum atomic E-state index is 0.540. The monoisotopic (exact) mass is 199 g/mol. The van der Waals surface area contributed by atoms with Gasteiger partial charge in [-0.1, -0.05) is 13.8 Å². The number of hydrogen-bond acceptors (Lipinski definition) is 2. The van der Waals surface area contributed by atoms with Crippen molar-refractivity contribution >= 4 is 0 Å². The molecule has 0 aromatic rings. The number of nitrogens with one attached hydrogen (secondary N) is 1. The van der Waals surface area contributed by atoms with Crippen LogP contribution in [0.2, 0.25) is 0 Å². The van der Waals surface area contributed by atoms with Crippen LogP contribution in [0.15, 0.2) is 0 Å². The molecule has 1 aliphatic carbocycles. The molecule has 3 atom stereocenters. The van der Waals surface area contributed by atoms with Crippen LogP contribution in [0.4, 0.5) is 0 Å². The molecular weight excluding hydrogens is 174 g/mol. The van der Waals surface area contributed by atoms with Gasteiger partial charge in [-0.3, -0.25) is 0 Å². The fourth-order valence-corrected chi connectivity index (χ4v) is 2.15. The van der Waals surface area contributed by atoms with Gasteiger partial charge < -0.3 is 10.1 Å². The van der Waals surface area contributed by atoms with E-state index in [1.165, 1.54) is 19.3 Å². The molecule has 3 unspecified atom stereocenters. The Kier molecular flexibility index (Phi) is 5.49. The van der Waals surface area contributed by atoms with E-state index in [-0.39, 0.29) is 0 Å². The number of hydrogen-bond donors (Lipinski definition) is 1. The summed E-state index contributed by atoms with van der Waals surface area (Å²) in [6, 6.07) is 0. The maximum atomic E-state index is 5.86. The van der Waals surface area contributed by atoms with E-state index in [0.717, 1.165) is 31.4 Å². The van der Waals surface area contributed by atoms with Crippen LogP contribution in [0.25, 0.3) is 0 Å².